The van der Waals surface area contributed by atoms with Crippen LogP contribution in [0.2, 0.25) is 0 Å². The maximum Gasteiger partial charge on any atom is 0.255 e. The number of pyridine rings is 1. The monoisotopic (exact) mass is 517 g/mol. The van der Waals surface area contributed by atoms with E-state index in [0.29, 0.717) is 28.3 Å². The van der Waals surface area contributed by atoms with Crippen molar-refractivity contribution in [2.24, 2.45) is 0 Å². The van der Waals surface area contributed by atoms with Gasteiger partial charge in [-0.25, -0.2) is 8.91 Å². The summed E-state index contributed by atoms with van der Waals surface area (Å²) in [4.78, 5) is 17.5. The van der Waals surface area contributed by atoms with E-state index in [1.165, 1.54) is 26.2 Å². The van der Waals surface area contributed by atoms with Gasteiger partial charge in [0.15, 0.2) is 0 Å². The van der Waals surface area contributed by atoms with Crippen LogP contribution in [0.3, 0.4) is 0 Å². The number of fused-ring (bicyclic) bond motifs is 1. The molecule has 5 rings (SSSR count). The lowest BCUT2D eigenvalue weighted by molar-refractivity contribution is -0.00177. The van der Waals surface area contributed by atoms with Crippen LogP contribution < -0.4 is 16.0 Å². The van der Waals surface area contributed by atoms with E-state index in [2.05, 4.69) is 37.2 Å². The third-order valence-electron chi connectivity index (χ3n) is 6.54. The average Bonchev–Trinajstić information content (AvgIpc) is 3.67. The molecular weight excluding hydrogens is 489 g/mol. The van der Waals surface area contributed by atoms with Crippen LogP contribution in [0.25, 0.3) is 16.9 Å². The molecule has 2 atom stereocenters. The van der Waals surface area contributed by atoms with E-state index in [9.17, 15) is 14.3 Å². The number of rotatable bonds is 8. The first-order valence-electron chi connectivity index (χ1n) is 12.3. The zero-order chi connectivity index (χ0) is 26.9. The zero-order valence-corrected chi connectivity index (χ0v) is 21.0. The summed E-state index contributed by atoms with van der Waals surface area (Å²) in [7, 11) is 0. The number of aliphatic hydroxyl groups is 1. The summed E-state index contributed by atoms with van der Waals surface area (Å²) in [6.45, 7) is 4.10. The minimum absolute atomic E-state index is 0.201. The molecule has 0 saturated carbocycles. The molecule has 1 fully saturated rings. The maximum atomic E-state index is 14.3. The molecule has 0 aromatic carbocycles. The maximum absolute atomic E-state index is 14.3. The molecule has 1 aliphatic rings. The van der Waals surface area contributed by atoms with Gasteiger partial charge < -0.3 is 21.1 Å². The molecule has 0 radical (unpaired) electrons. The van der Waals surface area contributed by atoms with E-state index in [1.807, 2.05) is 23.0 Å². The lowest BCUT2D eigenvalue weighted by Crippen LogP contribution is -2.42. The number of hydrogen-bond donors (Lipinski definition) is 4. The van der Waals surface area contributed by atoms with Crippen molar-refractivity contribution in [3.05, 3.63) is 60.2 Å². The number of hydrogen-bond acceptors (Lipinski definition) is 8. The normalized spacial score (nSPS) is 16.3. The fourth-order valence-corrected chi connectivity index (χ4v) is 4.28. The summed E-state index contributed by atoms with van der Waals surface area (Å²) < 4.78 is 17.8. The van der Waals surface area contributed by atoms with Crippen molar-refractivity contribution in [1.82, 2.24) is 35.0 Å². The number of alkyl halides is 1. The fraction of sp³-hybridized carbons (Fsp3) is 0.346. The first-order valence-corrected chi connectivity index (χ1v) is 12.3. The highest BCUT2D eigenvalue weighted by Gasteiger charge is 2.27. The van der Waals surface area contributed by atoms with E-state index in [-0.39, 0.29) is 18.2 Å². The Morgan fingerprint density at radius 1 is 1.32 bits per heavy atom. The van der Waals surface area contributed by atoms with Crippen LogP contribution in [0.4, 0.5) is 15.8 Å². The Balaban J connectivity index is 1.48. The molecule has 12 heteroatoms. The number of carbonyl (C=O) groups is 1. The molecule has 4 aromatic rings. The standard InChI is InChI=1S/C26H28FN9O2/c1-26(2,38)24(27)14-31-25(37)20-13-30-22(23-4-3-18-7-16(9-28)10-33-36(18)23)8-21(20)34-17-11-32-35(15-17)19-5-6-29-12-19/h3-4,7-8,10-11,13,15,19,24,29,38H,5-6,12,14H2,1-2H3,(H,30,34)(H,31,37). The average molecular weight is 518 g/mol. The van der Waals surface area contributed by atoms with Crippen LogP contribution in [0.15, 0.2) is 49.1 Å². The molecule has 2 unspecified atom stereocenters. The highest BCUT2D eigenvalue weighted by Crippen LogP contribution is 2.28. The van der Waals surface area contributed by atoms with E-state index in [0.717, 1.165) is 25.0 Å². The third kappa shape index (κ3) is 5.20. The second kappa shape index (κ2) is 10.2. The van der Waals surface area contributed by atoms with Gasteiger partial charge in [-0.05, 0) is 51.1 Å². The van der Waals surface area contributed by atoms with Gasteiger partial charge in [0.2, 0.25) is 0 Å². The number of nitrogens with one attached hydrogen (secondary N) is 3. The topological polar surface area (TPSA) is 145 Å². The Bertz CT molecular complexity index is 1510. The van der Waals surface area contributed by atoms with Crippen LogP contribution in [0, 0.1) is 11.3 Å². The van der Waals surface area contributed by atoms with Crippen LogP contribution >= 0.6 is 0 Å². The zero-order valence-electron chi connectivity index (χ0n) is 21.0. The Labute approximate surface area is 218 Å². The first-order chi connectivity index (χ1) is 18.2. The second-order valence-electron chi connectivity index (χ2n) is 9.84. The number of anilines is 2. The first kappa shape index (κ1) is 25.3. The molecule has 0 bridgehead atoms. The Hall–Kier alpha value is -4.34. The van der Waals surface area contributed by atoms with E-state index < -0.39 is 17.7 Å². The van der Waals surface area contributed by atoms with E-state index in [1.54, 1.807) is 22.8 Å². The molecule has 0 spiro atoms. The molecule has 1 aliphatic heterocycles. The molecule has 0 aliphatic carbocycles. The number of amides is 1. The summed E-state index contributed by atoms with van der Waals surface area (Å²) in [6, 6.07) is 9.43. The molecule has 38 heavy (non-hydrogen) atoms. The largest absolute Gasteiger partial charge is 0.387 e. The Morgan fingerprint density at radius 3 is 2.89 bits per heavy atom. The summed E-state index contributed by atoms with van der Waals surface area (Å²) in [6.07, 6.45) is 5.77. The van der Waals surface area contributed by atoms with Crippen molar-refractivity contribution in [1.29, 1.82) is 5.26 Å². The van der Waals surface area contributed by atoms with Gasteiger partial charge in [-0.3, -0.25) is 14.5 Å². The van der Waals surface area contributed by atoms with Crippen LogP contribution in [-0.2, 0) is 0 Å². The van der Waals surface area contributed by atoms with Gasteiger partial charge in [-0.2, -0.15) is 15.5 Å². The molecule has 196 valence electrons. The summed E-state index contributed by atoms with van der Waals surface area (Å²) >= 11 is 0. The molecule has 4 aromatic heterocycles. The SMILES string of the molecule is CC(C)(O)C(F)CNC(=O)c1cnc(-c2ccc3cc(C#N)cnn23)cc1Nc1cnn(C2CCNC2)c1. The molecule has 1 amide bonds. The van der Waals surface area contributed by atoms with Gasteiger partial charge in [0.05, 0.1) is 70.0 Å². The van der Waals surface area contributed by atoms with Crippen molar-refractivity contribution in [2.45, 2.75) is 38.1 Å². The molecule has 4 N–H and O–H groups in total. The number of nitriles is 1. The van der Waals surface area contributed by atoms with Gasteiger partial charge >= 0.3 is 0 Å². The predicted octanol–water partition coefficient (Wildman–Crippen LogP) is 2.58. The minimum atomic E-state index is -1.65. The second-order valence-corrected chi connectivity index (χ2v) is 9.84. The van der Waals surface area contributed by atoms with E-state index in [4.69, 9.17) is 5.26 Å². The Morgan fingerprint density at radius 2 is 2.16 bits per heavy atom. The van der Waals surface area contributed by atoms with Crippen LogP contribution in [0.5, 0.6) is 0 Å². The molecule has 11 nitrogen and oxygen atoms in total. The number of halogens is 1. The third-order valence-corrected chi connectivity index (χ3v) is 6.54. The number of carbonyl (C=O) groups excluding carboxylic acids is 1. The van der Waals surface area contributed by atoms with Gasteiger partial charge in [0, 0.05) is 18.9 Å². The lowest BCUT2D eigenvalue weighted by atomic mass is 10.0. The predicted molar refractivity (Wildman–Crippen MR) is 139 cm³/mol. The van der Waals surface area contributed by atoms with E-state index >= 15 is 0 Å². The van der Waals surface area contributed by atoms with Crippen molar-refractivity contribution in [3.63, 3.8) is 0 Å². The lowest BCUT2D eigenvalue weighted by Gasteiger charge is -2.22. The summed E-state index contributed by atoms with van der Waals surface area (Å²) in [5.41, 5.74) is 2.10. The molecule has 5 heterocycles. The fourth-order valence-electron chi connectivity index (χ4n) is 4.28. The quantitative estimate of drug-likeness (QED) is 0.279. The molecule has 1 saturated heterocycles. The van der Waals surface area contributed by atoms with Gasteiger partial charge in [-0.15, -0.1) is 0 Å². The van der Waals surface area contributed by atoms with Crippen molar-refractivity contribution < 1.29 is 14.3 Å². The highest BCUT2D eigenvalue weighted by molar-refractivity contribution is 6.00. The number of nitrogens with zero attached hydrogens (tertiary/aromatic N) is 6. The molecular formula is C26H28FN9O2. The van der Waals surface area contributed by atoms with Crippen molar-refractivity contribution in [3.8, 4) is 17.5 Å². The van der Waals surface area contributed by atoms with Crippen molar-refractivity contribution >= 4 is 22.8 Å². The van der Waals surface area contributed by atoms with Gasteiger partial charge in [0.25, 0.3) is 5.91 Å². The highest BCUT2D eigenvalue weighted by atomic mass is 19.1. The van der Waals surface area contributed by atoms with Crippen molar-refractivity contribution in [2.75, 3.05) is 25.0 Å². The van der Waals surface area contributed by atoms with Gasteiger partial charge in [0.1, 0.15) is 12.2 Å². The smallest absolute Gasteiger partial charge is 0.255 e. The van der Waals surface area contributed by atoms with Crippen LogP contribution in [0.1, 0.15) is 42.2 Å². The van der Waals surface area contributed by atoms with Gasteiger partial charge in [-0.1, -0.05) is 0 Å². The minimum Gasteiger partial charge on any atom is -0.387 e. The Kier molecular flexibility index (Phi) is 6.79. The number of aromatic nitrogens is 5. The summed E-state index contributed by atoms with van der Waals surface area (Å²) in [5, 5.41) is 37.0. The van der Waals surface area contributed by atoms with Crippen LogP contribution in [-0.4, -0.2) is 66.8 Å². The summed E-state index contributed by atoms with van der Waals surface area (Å²) in [5.74, 6) is -0.539.